The monoisotopic (exact) mass is 424 g/mol. The lowest BCUT2D eigenvalue weighted by molar-refractivity contribution is 0.102. The van der Waals surface area contributed by atoms with Crippen LogP contribution in [0.15, 0.2) is 71.9 Å². The van der Waals surface area contributed by atoms with E-state index in [1.807, 2.05) is 30.3 Å². The van der Waals surface area contributed by atoms with Gasteiger partial charge in [0.2, 0.25) is 10.0 Å². The topological polar surface area (TPSA) is 84.3 Å². The van der Waals surface area contributed by atoms with Crippen LogP contribution in [0.4, 0.5) is 5.69 Å². The number of hydrogen-bond acceptors (Lipinski definition) is 4. The molecule has 3 aromatic rings. The lowest BCUT2D eigenvalue weighted by Gasteiger charge is -2.20. The fraction of sp³-hybridized carbons (Fsp3) is 0.273. The van der Waals surface area contributed by atoms with Gasteiger partial charge < -0.3 is 5.32 Å². The predicted octanol–water partition coefficient (Wildman–Crippen LogP) is 3.69. The summed E-state index contributed by atoms with van der Waals surface area (Å²) in [6.07, 6.45) is 6.99. The zero-order valence-corrected chi connectivity index (χ0v) is 17.4. The number of hydrogen-bond donors (Lipinski definition) is 1. The van der Waals surface area contributed by atoms with Crippen LogP contribution in [0.25, 0.3) is 5.69 Å². The van der Waals surface area contributed by atoms with Crippen LogP contribution in [0.2, 0.25) is 0 Å². The highest BCUT2D eigenvalue weighted by Crippen LogP contribution is 2.23. The minimum Gasteiger partial charge on any atom is -0.322 e. The van der Waals surface area contributed by atoms with Crippen molar-refractivity contribution in [3.63, 3.8) is 0 Å². The summed E-state index contributed by atoms with van der Waals surface area (Å²) in [6.45, 7) is 1.08. The number of benzene rings is 2. The zero-order chi connectivity index (χ0) is 21.0. The fourth-order valence-corrected chi connectivity index (χ4v) is 5.09. The maximum atomic E-state index is 13.0. The van der Waals surface area contributed by atoms with Crippen LogP contribution in [0.3, 0.4) is 0 Å². The van der Waals surface area contributed by atoms with Crippen molar-refractivity contribution in [3.8, 4) is 5.69 Å². The molecule has 1 aliphatic heterocycles. The molecule has 0 unspecified atom stereocenters. The number of carbonyl (C=O) groups excluding carboxylic acids is 1. The number of amides is 1. The molecule has 0 atom stereocenters. The molecule has 1 amide bonds. The van der Waals surface area contributed by atoms with Crippen LogP contribution in [-0.2, 0) is 10.0 Å². The highest BCUT2D eigenvalue weighted by molar-refractivity contribution is 7.89. The van der Waals surface area contributed by atoms with E-state index in [1.165, 1.54) is 12.3 Å². The standard InChI is InChI=1S/C22H24N4O3S/c27-22(18-16-23-26(17-18)20-10-4-3-5-11-20)24-19-9-8-12-21(15-19)30(28,29)25-13-6-1-2-7-14-25/h3-5,8-12,15-17H,1-2,6-7,13-14H2,(H,24,27). The molecule has 1 aliphatic rings. The predicted molar refractivity (Wildman–Crippen MR) is 115 cm³/mol. The van der Waals surface area contributed by atoms with E-state index >= 15 is 0 Å². The number of sulfonamides is 1. The molecule has 0 spiro atoms. The molecule has 0 aliphatic carbocycles. The molecule has 30 heavy (non-hydrogen) atoms. The number of nitrogens with one attached hydrogen (secondary N) is 1. The third-order valence-electron chi connectivity index (χ3n) is 5.16. The van der Waals surface area contributed by atoms with Gasteiger partial charge >= 0.3 is 0 Å². The summed E-state index contributed by atoms with van der Waals surface area (Å²) >= 11 is 0. The number of nitrogens with zero attached hydrogens (tertiary/aromatic N) is 3. The van der Waals surface area contributed by atoms with Crippen molar-refractivity contribution in [1.29, 1.82) is 0 Å². The third-order valence-corrected chi connectivity index (χ3v) is 7.05. The molecule has 4 rings (SSSR count). The Balaban J connectivity index is 1.50. The van der Waals surface area contributed by atoms with E-state index in [0.717, 1.165) is 31.4 Å². The normalized spacial score (nSPS) is 15.5. The number of rotatable bonds is 5. The summed E-state index contributed by atoms with van der Waals surface area (Å²) in [7, 11) is -3.57. The van der Waals surface area contributed by atoms with Crippen molar-refractivity contribution >= 4 is 21.6 Å². The quantitative estimate of drug-likeness (QED) is 0.677. The number of aromatic nitrogens is 2. The molecule has 7 nitrogen and oxygen atoms in total. The third kappa shape index (κ3) is 4.44. The van der Waals surface area contributed by atoms with Crippen molar-refractivity contribution < 1.29 is 13.2 Å². The molecule has 0 radical (unpaired) electrons. The van der Waals surface area contributed by atoms with Gasteiger partial charge in [-0.25, -0.2) is 13.1 Å². The summed E-state index contributed by atoms with van der Waals surface area (Å²) in [5.74, 6) is -0.346. The number of para-hydroxylation sites is 1. The first kappa shape index (κ1) is 20.3. The second-order valence-corrected chi connectivity index (χ2v) is 9.25. The second-order valence-electron chi connectivity index (χ2n) is 7.31. The van der Waals surface area contributed by atoms with Crippen LogP contribution < -0.4 is 5.32 Å². The molecule has 8 heteroatoms. The summed E-state index contributed by atoms with van der Waals surface area (Å²) in [4.78, 5) is 12.8. The molecular weight excluding hydrogens is 400 g/mol. The Bertz CT molecular complexity index is 1120. The Morgan fingerprint density at radius 1 is 0.933 bits per heavy atom. The maximum absolute atomic E-state index is 13.0. The van der Waals surface area contributed by atoms with E-state index in [-0.39, 0.29) is 10.8 Å². The van der Waals surface area contributed by atoms with Gasteiger partial charge in [0.1, 0.15) is 0 Å². The lowest BCUT2D eigenvalue weighted by Crippen LogP contribution is -2.32. The number of carbonyl (C=O) groups is 1. The average Bonchev–Trinajstić information content (AvgIpc) is 3.10. The summed E-state index contributed by atoms with van der Waals surface area (Å²) in [6, 6.07) is 15.9. The van der Waals surface area contributed by atoms with Crippen molar-refractivity contribution in [2.45, 2.75) is 30.6 Å². The van der Waals surface area contributed by atoms with Crippen molar-refractivity contribution in [3.05, 3.63) is 72.6 Å². The fourth-order valence-electron chi connectivity index (χ4n) is 3.53. The molecule has 1 saturated heterocycles. The number of anilines is 1. The Labute approximate surface area is 176 Å². The van der Waals surface area contributed by atoms with E-state index in [0.29, 0.717) is 24.3 Å². The SMILES string of the molecule is O=C(Nc1cccc(S(=O)(=O)N2CCCCCC2)c1)c1cnn(-c2ccccc2)c1. The van der Waals surface area contributed by atoms with Crippen LogP contribution in [0.5, 0.6) is 0 Å². The first-order chi connectivity index (χ1) is 14.5. The van der Waals surface area contributed by atoms with Gasteiger partial charge in [-0.15, -0.1) is 0 Å². The molecule has 2 aromatic carbocycles. The Kier molecular flexibility index (Phi) is 5.96. The van der Waals surface area contributed by atoms with Crippen molar-refractivity contribution in [2.24, 2.45) is 0 Å². The van der Waals surface area contributed by atoms with E-state index in [2.05, 4.69) is 10.4 Å². The molecule has 1 N–H and O–H groups in total. The lowest BCUT2D eigenvalue weighted by atomic mass is 10.2. The van der Waals surface area contributed by atoms with Crippen LogP contribution in [-0.4, -0.2) is 41.5 Å². The largest absolute Gasteiger partial charge is 0.322 e. The smallest absolute Gasteiger partial charge is 0.258 e. The van der Waals surface area contributed by atoms with Crippen molar-refractivity contribution in [2.75, 3.05) is 18.4 Å². The zero-order valence-electron chi connectivity index (χ0n) is 16.6. The van der Waals surface area contributed by atoms with Crippen LogP contribution >= 0.6 is 0 Å². The highest BCUT2D eigenvalue weighted by atomic mass is 32.2. The van der Waals surface area contributed by atoms with Gasteiger partial charge in [-0.3, -0.25) is 4.79 Å². The van der Waals surface area contributed by atoms with Gasteiger partial charge in [-0.2, -0.15) is 9.40 Å². The maximum Gasteiger partial charge on any atom is 0.258 e. The van der Waals surface area contributed by atoms with Crippen LogP contribution in [0, 0.1) is 0 Å². The van der Waals surface area contributed by atoms with Gasteiger partial charge in [0.15, 0.2) is 0 Å². The Hall–Kier alpha value is -2.97. The first-order valence-corrected chi connectivity index (χ1v) is 11.5. The minimum atomic E-state index is -3.57. The first-order valence-electron chi connectivity index (χ1n) is 10.1. The van der Waals surface area contributed by atoms with E-state index < -0.39 is 10.0 Å². The minimum absolute atomic E-state index is 0.196. The van der Waals surface area contributed by atoms with Gasteiger partial charge in [0.25, 0.3) is 5.91 Å². The van der Waals surface area contributed by atoms with Gasteiger partial charge in [-0.05, 0) is 43.2 Å². The Morgan fingerprint density at radius 2 is 1.67 bits per heavy atom. The van der Waals surface area contributed by atoms with E-state index in [9.17, 15) is 13.2 Å². The summed E-state index contributed by atoms with van der Waals surface area (Å²) in [5, 5.41) is 7.00. The van der Waals surface area contributed by atoms with Gasteiger partial charge in [-0.1, -0.05) is 37.1 Å². The molecule has 1 fully saturated rings. The van der Waals surface area contributed by atoms with E-state index in [1.54, 1.807) is 33.4 Å². The molecule has 1 aromatic heterocycles. The molecular formula is C22H24N4O3S. The molecule has 0 saturated carbocycles. The summed E-state index contributed by atoms with van der Waals surface area (Å²) in [5.41, 5.74) is 1.67. The van der Waals surface area contributed by atoms with Crippen molar-refractivity contribution in [1.82, 2.24) is 14.1 Å². The molecule has 156 valence electrons. The van der Waals surface area contributed by atoms with E-state index in [4.69, 9.17) is 0 Å². The van der Waals surface area contributed by atoms with Gasteiger partial charge in [0, 0.05) is 25.0 Å². The Morgan fingerprint density at radius 3 is 2.40 bits per heavy atom. The highest BCUT2D eigenvalue weighted by Gasteiger charge is 2.25. The second kappa shape index (κ2) is 8.81. The van der Waals surface area contributed by atoms with Gasteiger partial charge in [0.05, 0.1) is 22.3 Å². The summed E-state index contributed by atoms with van der Waals surface area (Å²) < 4.78 is 29.2. The average molecular weight is 425 g/mol. The molecule has 2 heterocycles. The van der Waals surface area contributed by atoms with Crippen LogP contribution in [0.1, 0.15) is 36.0 Å². The molecule has 0 bridgehead atoms.